The number of ether oxygens (including phenoxy) is 4. The van der Waals surface area contributed by atoms with Crippen molar-refractivity contribution in [3.05, 3.63) is 218 Å². The number of aryl methyl sites for hydroxylation is 4. The predicted octanol–water partition coefficient (Wildman–Crippen LogP) is 17.7. The zero-order chi connectivity index (χ0) is 61.3. The Morgan fingerprint density at radius 2 is 0.517 bits per heavy atom. The molecule has 13 nitrogen and oxygen atoms in total. The van der Waals surface area contributed by atoms with Gasteiger partial charge in [0.2, 0.25) is 11.8 Å². The van der Waals surface area contributed by atoms with Gasteiger partial charge in [0.15, 0.2) is 0 Å². The number of hydrogen-bond acceptors (Lipinski definition) is 13. The van der Waals surface area contributed by atoms with E-state index in [9.17, 15) is 19.2 Å². The number of carbonyl (C=O) groups excluding carboxylic acids is 4. The summed E-state index contributed by atoms with van der Waals surface area (Å²) in [5.41, 5.74) is 12.8. The van der Waals surface area contributed by atoms with Crippen LogP contribution in [0.25, 0.3) is 22.9 Å². The van der Waals surface area contributed by atoms with E-state index in [2.05, 4.69) is 168 Å². The molecule has 0 aliphatic rings. The Bertz CT molecular complexity index is 2870. The van der Waals surface area contributed by atoms with Crippen LogP contribution in [0.4, 0.5) is 34.1 Å². The fourth-order valence-corrected chi connectivity index (χ4v) is 10.2. The van der Waals surface area contributed by atoms with Gasteiger partial charge in [-0.3, -0.25) is 0 Å². The van der Waals surface area contributed by atoms with E-state index in [0.717, 1.165) is 174 Å². The summed E-state index contributed by atoms with van der Waals surface area (Å²) in [5, 5.41) is 9.04. The van der Waals surface area contributed by atoms with E-state index in [0.29, 0.717) is 38.2 Å². The molecule has 13 heteroatoms. The predicted molar refractivity (Wildman–Crippen MR) is 348 cm³/mol. The summed E-state index contributed by atoms with van der Waals surface area (Å²) in [4.78, 5) is 50.0. The molecule has 0 saturated carbocycles. The summed E-state index contributed by atoms with van der Waals surface area (Å²) in [5.74, 6) is -0.668. The van der Waals surface area contributed by atoms with E-state index >= 15 is 0 Å². The number of aromatic nitrogens is 2. The molecule has 7 rings (SSSR count). The molecule has 6 aromatic carbocycles. The first-order chi connectivity index (χ1) is 42.6. The summed E-state index contributed by atoms with van der Waals surface area (Å²) in [6.07, 6.45) is 24.4. The highest BCUT2D eigenvalue weighted by molar-refractivity contribution is 5.83. The second-order valence-corrected chi connectivity index (χ2v) is 21.5. The summed E-state index contributed by atoms with van der Waals surface area (Å²) in [7, 11) is 0. The minimum atomic E-state index is -0.376. The fraction of sp³-hybridized carbons (Fsp3) is 0.324. The quantitative estimate of drug-likeness (QED) is 0.0155. The number of anilines is 6. The molecule has 0 N–H and O–H groups in total. The molecule has 0 fully saturated rings. The molecule has 1 heterocycles. The van der Waals surface area contributed by atoms with Crippen LogP contribution in [0, 0.1) is 0 Å². The zero-order valence-corrected chi connectivity index (χ0v) is 50.4. The molecular weight excluding hydrogens is 1090 g/mol. The van der Waals surface area contributed by atoms with Gasteiger partial charge in [0.05, 0.1) is 26.4 Å². The summed E-state index contributed by atoms with van der Waals surface area (Å²) in [6.45, 7) is 15.5. The van der Waals surface area contributed by atoms with Gasteiger partial charge in [0.1, 0.15) is 0 Å². The van der Waals surface area contributed by atoms with Gasteiger partial charge in [-0.2, -0.15) is 0 Å². The topological polar surface area (TPSA) is 151 Å². The first kappa shape index (κ1) is 65.4. The van der Waals surface area contributed by atoms with E-state index in [1.807, 2.05) is 24.3 Å². The monoisotopic (exact) mass is 1170 g/mol. The smallest absolute Gasteiger partial charge is 0.330 e. The third-order valence-electron chi connectivity index (χ3n) is 15.0. The summed E-state index contributed by atoms with van der Waals surface area (Å²) < 4.78 is 26.9. The number of hydrogen-bond donors (Lipinski definition) is 0. The molecule has 0 bridgehead atoms. The van der Waals surface area contributed by atoms with Crippen molar-refractivity contribution in [3.63, 3.8) is 0 Å². The van der Waals surface area contributed by atoms with Crippen LogP contribution < -0.4 is 9.80 Å². The van der Waals surface area contributed by atoms with Gasteiger partial charge in [-0.1, -0.05) is 126 Å². The molecule has 0 radical (unpaired) electrons. The molecule has 0 amide bonds. The zero-order valence-electron chi connectivity index (χ0n) is 50.4. The first-order valence-corrected chi connectivity index (χ1v) is 30.8. The Morgan fingerprint density at radius 1 is 0.310 bits per heavy atom. The molecule has 0 unspecified atom stereocenters. The largest absolute Gasteiger partial charge is 0.463 e. The van der Waals surface area contributed by atoms with Crippen molar-refractivity contribution in [2.24, 2.45) is 0 Å². The van der Waals surface area contributed by atoms with Crippen molar-refractivity contribution in [2.45, 2.75) is 128 Å². The Labute approximate surface area is 514 Å². The van der Waals surface area contributed by atoms with Gasteiger partial charge in [-0.05, 0) is 196 Å². The molecule has 454 valence electrons. The Kier molecular flexibility index (Phi) is 27.6. The minimum Gasteiger partial charge on any atom is -0.463 e. The van der Waals surface area contributed by atoms with E-state index < -0.39 is 0 Å². The van der Waals surface area contributed by atoms with E-state index in [4.69, 9.17) is 23.4 Å². The lowest BCUT2D eigenvalue weighted by Crippen LogP contribution is -2.10. The van der Waals surface area contributed by atoms with Crippen molar-refractivity contribution in [3.8, 4) is 22.9 Å². The number of unbranched alkanes of at least 4 members (excludes halogenated alkanes) is 12. The van der Waals surface area contributed by atoms with Crippen molar-refractivity contribution in [1.82, 2.24) is 10.2 Å². The number of benzene rings is 6. The van der Waals surface area contributed by atoms with Crippen LogP contribution in [0.15, 0.2) is 201 Å². The molecule has 0 aliphatic heterocycles. The van der Waals surface area contributed by atoms with Gasteiger partial charge in [0, 0.05) is 69.6 Å². The number of nitrogens with zero attached hydrogens (tertiary/aromatic N) is 4. The molecule has 0 atom stereocenters. The average molecular weight is 1170 g/mol. The average Bonchev–Trinajstić information content (AvgIpc) is 3.35. The van der Waals surface area contributed by atoms with Crippen LogP contribution in [0.3, 0.4) is 0 Å². The molecule has 0 aliphatic carbocycles. The number of rotatable bonds is 40. The molecule has 87 heavy (non-hydrogen) atoms. The molecule has 1 aromatic heterocycles. The first-order valence-electron chi connectivity index (χ1n) is 30.8. The highest BCUT2D eigenvalue weighted by Gasteiger charge is 2.18. The van der Waals surface area contributed by atoms with Crippen molar-refractivity contribution < 1.29 is 42.5 Å². The van der Waals surface area contributed by atoms with Crippen LogP contribution in [0.2, 0.25) is 0 Å². The maximum absolute atomic E-state index is 11.4. The lowest BCUT2D eigenvalue weighted by Gasteiger charge is -2.26. The van der Waals surface area contributed by atoms with Crippen LogP contribution in [-0.2, 0) is 63.8 Å². The SMILES string of the molecule is C=CC(=O)OCCCCCCc1ccc(N(c2ccc(CCCCCCOC(=O)C=C)cc2)c2ccc(-c3nnc(-c4ccc(N(c5ccc(CCCCCCOC(=O)C=C)cc5)c5ccc(CCCCCCOC(=O)C=C)cc5)cc4)o3)cc2)cc1. The third-order valence-corrected chi connectivity index (χ3v) is 15.0. The van der Waals surface area contributed by atoms with Crippen molar-refractivity contribution in [2.75, 3.05) is 36.2 Å². The normalized spacial score (nSPS) is 10.9. The van der Waals surface area contributed by atoms with E-state index in [1.54, 1.807) is 0 Å². The van der Waals surface area contributed by atoms with Gasteiger partial charge in [-0.15, -0.1) is 10.2 Å². The second-order valence-electron chi connectivity index (χ2n) is 21.5. The summed E-state index contributed by atoms with van der Waals surface area (Å²) >= 11 is 0. The standard InChI is InChI=1S/C74H84N4O9/c1-5-69(79)83-53-21-13-9-17-25-57-29-41-63(42-30-57)77(64-43-31-58(32-44-64)26-18-10-14-22-54-84-70(80)6-2)67-49-37-61(38-50-67)73-75-76-74(87-73)62-39-51-68(52-40-62)78(65-45-33-59(34-46-65)27-19-11-15-23-55-85-71(81)7-3)66-47-35-60(36-48-66)28-20-12-16-24-56-86-72(82)8-4/h5-8,29-52H,1-4,9-28,53-56H2. The number of carbonyl (C=O) groups is 4. The fourth-order valence-electron chi connectivity index (χ4n) is 10.2. The summed E-state index contributed by atoms with van der Waals surface area (Å²) in [6, 6.07) is 51.6. The lowest BCUT2D eigenvalue weighted by molar-refractivity contribution is -0.138. The van der Waals surface area contributed by atoms with Gasteiger partial charge in [-0.25, -0.2) is 19.2 Å². The molecular formula is C74H84N4O9. The van der Waals surface area contributed by atoms with E-state index in [-0.39, 0.29) is 23.9 Å². The maximum atomic E-state index is 11.4. The van der Waals surface area contributed by atoms with Gasteiger partial charge < -0.3 is 33.2 Å². The van der Waals surface area contributed by atoms with Gasteiger partial charge in [0.25, 0.3) is 0 Å². The minimum absolute atomic E-state index is 0.376. The molecule has 0 saturated heterocycles. The highest BCUT2D eigenvalue weighted by atomic mass is 16.5. The second kappa shape index (κ2) is 36.7. The van der Waals surface area contributed by atoms with Crippen LogP contribution in [-0.4, -0.2) is 60.5 Å². The van der Waals surface area contributed by atoms with Crippen LogP contribution in [0.1, 0.15) is 125 Å². The van der Waals surface area contributed by atoms with Crippen molar-refractivity contribution >= 4 is 58.0 Å². The van der Waals surface area contributed by atoms with Gasteiger partial charge >= 0.3 is 23.9 Å². The number of esters is 4. The molecule has 0 spiro atoms. The Morgan fingerprint density at radius 3 is 0.736 bits per heavy atom. The van der Waals surface area contributed by atoms with Crippen molar-refractivity contribution in [1.29, 1.82) is 0 Å². The highest BCUT2D eigenvalue weighted by Crippen LogP contribution is 2.39. The Hall–Kier alpha value is -9.10. The van der Waals surface area contributed by atoms with E-state index in [1.165, 1.54) is 46.6 Å². The molecule has 7 aromatic rings. The van der Waals surface area contributed by atoms with Crippen LogP contribution >= 0.6 is 0 Å². The van der Waals surface area contributed by atoms with Crippen LogP contribution in [0.5, 0.6) is 0 Å². The third kappa shape index (κ3) is 22.0. The lowest BCUT2D eigenvalue weighted by atomic mass is 10.0. The maximum Gasteiger partial charge on any atom is 0.330 e. The Balaban J connectivity index is 1.03.